The van der Waals surface area contributed by atoms with Gasteiger partial charge in [-0.2, -0.15) is 0 Å². The Balaban J connectivity index is 1.87. The molecule has 5 nitrogen and oxygen atoms in total. The molecule has 0 atom stereocenters. The second kappa shape index (κ2) is 5.86. The molecule has 2 aromatic rings. The number of aromatic nitrogens is 1. The summed E-state index contributed by atoms with van der Waals surface area (Å²) in [6, 6.07) is 9.73. The van der Waals surface area contributed by atoms with Crippen molar-refractivity contribution in [1.82, 2.24) is 10.3 Å². The molecule has 0 bridgehead atoms. The predicted molar refractivity (Wildman–Crippen MR) is 70.0 cm³/mol. The van der Waals surface area contributed by atoms with Gasteiger partial charge in [0, 0.05) is 12.7 Å². The van der Waals surface area contributed by atoms with Crippen LogP contribution in [0.4, 0.5) is 0 Å². The van der Waals surface area contributed by atoms with Gasteiger partial charge in [-0.25, -0.2) is 0 Å². The first-order valence-corrected chi connectivity index (χ1v) is 5.87. The molecule has 0 aliphatic carbocycles. The van der Waals surface area contributed by atoms with Gasteiger partial charge in [0.25, 0.3) is 5.91 Å². The van der Waals surface area contributed by atoms with E-state index in [-0.39, 0.29) is 17.4 Å². The first-order valence-electron chi connectivity index (χ1n) is 5.87. The van der Waals surface area contributed by atoms with Crippen LogP contribution in [0.5, 0.6) is 11.5 Å². The lowest BCUT2D eigenvalue weighted by Gasteiger charge is -2.05. The smallest absolute Gasteiger partial charge is 0.269 e. The first kappa shape index (κ1) is 12.9. The van der Waals surface area contributed by atoms with Gasteiger partial charge in [-0.1, -0.05) is 12.1 Å². The van der Waals surface area contributed by atoms with Gasteiger partial charge in [-0.15, -0.1) is 0 Å². The molecule has 0 saturated carbocycles. The standard InChI is InChI=1S/C14H14N2O3/c17-12-5-4-10(9-13(12)18)6-8-16-14(19)11-3-1-2-7-15-11/h1-5,7,9,17-18H,6,8H2,(H,16,19). The second-order valence-corrected chi connectivity index (χ2v) is 4.04. The average Bonchev–Trinajstić information content (AvgIpc) is 2.43. The minimum absolute atomic E-state index is 0.152. The van der Waals surface area contributed by atoms with Crippen LogP contribution < -0.4 is 5.32 Å². The topological polar surface area (TPSA) is 82.5 Å². The molecule has 0 spiro atoms. The van der Waals surface area contributed by atoms with Gasteiger partial charge in [0.1, 0.15) is 5.69 Å². The number of carbonyl (C=O) groups excluding carboxylic acids is 1. The number of phenols is 2. The zero-order valence-electron chi connectivity index (χ0n) is 10.2. The molecule has 0 saturated heterocycles. The van der Waals surface area contributed by atoms with E-state index >= 15 is 0 Å². The maximum absolute atomic E-state index is 11.7. The molecule has 1 aromatic heterocycles. The Morgan fingerprint density at radius 1 is 1.16 bits per heavy atom. The van der Waals surface area contributed by atoms with Crippen LogP contribution in [-0.4, -0.2) is 27.6 Å². The number of nitrogens with zero attached hydrogens (tertiary/aromatic N) is 1. The number of carbonyl (C=O) groups is 1. The van der Waals surface area contributed by atoms with E-state index in [2.05, 4.69) is 10.3 Å². The van der Waals surface area contributed by atoms with Gasteiger partial charge in [0.15, 0.2) is 11.5 Å². The number of pyridine rings is 1. The Labute approximate surface area is 110 Å². The number of amides is 1. The first-order chi connectivity index (χ1) is 9.16. The fourth-order valence-electron chi connectivity index (χ4n) is 1.63. The van der Waals surface area contributed by atoms with Gasteiger partial charge in [0.2, 0.25) is 0 Å². The van der Waals surface area contributed by atoms with E-state index in [4.69, 9.17) is 0 Å². The molecular weight excluding hydrogens is 244 g/mol. The largest absolute Gasteiger partial charge is 0.504 e. The maximum Gasteiger partial charge on any atom is 0.269 e. The minimum atomic E-state index is -0.233. The Bertz CT molecular complexity index is 570. The molecule has 1 aromatic carbocycles. The second-order valence-electron chi connectivity index (χ2n) is 4.04. The normalized spacial score (nSPS) is 10.1. The predicted octanol–water partition coefficient (Wildman–Crippen LogP) is 1.47. The number of benzene rings is 1. The minimum Gasteiger partial charge on any atom is -0.504 e. The molecule has 98 valence electrons. The lowest BCUT2D eigenvalue weighted by atomic mass is 10.1. The van der Waals surface area contributed by atoms with E-state index in [0.717, 1.165) is 5.56 Å². The summed E-state index contributed by atoms with van der Waals surface area (Å²) in [7, 11) is 0. The number of nitrogens with one attached hydrogen (secondary N) is 1. The van der Waals surface area contributed by atoms with Gasteiger partial charge < -0.3 is 15.5 Å². The van der Waals surface area contributed by atoms with Crippen LogP contribution in [0.15, 0.2) is 42.6 Å². The molecule has 1 amide bonds. The van der Waals surface area contributed by atoms with Crippen LogP contribution in [0.2, 0.25) is 0 Å². The summed E-state index contributed by atoms with van der Waals surface area (Å²) < 4.78 is 0. The van der Waals surface area contributed by atoms with Crippen LogP contribution >= 0.6 is 0 Å². The van der Waals surface area contributed by atoms with E-state index < -0.39 is 0 Å². The highest BCUT2D eigenvalue weighted by molar-refractivity contribution is 5.92. The quantitative estimate of drug-likeness (QED) is 0.725. The van der Waals surface area contributed by atoms with Crippen molar-refractivity contribution in [3.63, 3.8) is 0 Å². The van der Waals surface area contributed by atoms with E-state index in [0.29, 0.717) is 18.7 Å². The lowest BCUT2D eigenvalue weighted by molar-refractivity contribution is 0.0949. The summed E-state index contributed by atoms with van der Waals surface area (Å²) in [6.07, 6.45) is 2.12. The number of aromatic hydroxyl groups is 2. The van der Waals surface area contributed by atoms with E-state index in [9.17, 15) is 15.0 Å². The van der Waals surface area contributed by atoms with Crippen LogP contribution in [0.25, 0.3) is 0 Å². The van der Waals surface area contributed by atoms with Gasteiger partial charge in [-0.3, -0.25) is 9.78 Å². The third-order valence-corrected chi connectivity index (χ3v) is 2.64. The van der Waals surface area contributed by atoms with Crippen LogP contribution in [0.3, 0.4) is 0 Å². The monoisotopic (exact) mass is 258 g/mol. The summed E-state index contributed by atoms with van der Waals surface area (Å²) in [4.78, 5) is 15.6. The third-order valence-electron chi connectivity index (χ3n) is 2.64. The summed E-state index contributed by atoms with van der Waals surface area (Å²) >= 11 is 0. The zero-order valence-corrected chi connectivity index (χ0v) is 10.2. The molecule has 0 radical (unpaired) electrons. The average molecular weight is 258 g/mol. The Morgan fingerprint density at radius 3 is 2.68 bits per heavy atom. The van der Waals surface area contributed by atoms with E-state index in [1.54, 1.807) is 30.5 Å². The Hall–Kier alpha value is -2.56. The Morgan fingerprint density at radius 2 is 2.00 bits per heavy atom. The summed E-state index contributed by atoms with van der Waals surface area (Å²) in [6.45, 7) is 0.430. The maximum atomic E-state index is 11.7. The van der Waals surface area contributed by atoms with Gasteiger partial charge in [-0.05, 0) is 36.2 Å². The van der Waals surface area contributed by atoms with Gasteiger partial charge in [0.05, 0.1) is 0 Å². The summed E-state index contributed by atoms with van der Waals surface area (Å²) in [5, 5.41) is 21.3. The van der Waals surface area contributed by atoms with Crippen molar-refractivity contribution in [1.29, 1.82) is 0 Å². The van der Waals surface area contributed by atoms with Crippen molar-refractivity contribution in [2.24, 2.45) is 0 Å². The molecule has 3 N–H and O–H groups in total. The highest BCUT2D eigenvalue weighted by Gasteiger charge is 2.05. The number of rotatable bonds is 4. The van der Waals surface area contributed by atoms with E-state index in [1.165, 1.54) is 12.1 Å². The SMILES string of the molecule is O=C(NCCc1ccc(O)c(O)c1)c1ccccn1. The molecule has 0 aliphatic heterocycles. The van der Waals surface area contributed by atoms with E-state index in [1.807, 2.05) is 0 Å². The fraction of sp³-hybridized carbons (Fsp3) is 0.143. The molecule has 19 heavy (non-hydrogen) atoms. The molecule has 0 aliphatic rings. The molecule has 2 rings (SSSR count). The summed E-state index contributed by atoms with van der Waals surface area (Å²) in [5.74, 6) is -0.543. The third kappa shape index (κ3) is 3.45. The molecule has 1 heterocycles. The molecule has 5 heteroatoms. The fourth-order valence-corrected chi connectivity index (χ4v) is 1.63. The lowest BCUT2D eigenvalue weighted by Crippen LogP contribution is -2.26. The van der Waals surface area contributed by atoms with Crippen LogP contribution in [-0.2, 0) is 6.42 Å². The van der Waals surface area contributed by atoms with Gasteiger partial charge >= 0.3 is 0 Å². The molecule has 0 fully saturated rings. The summed E-state index contributed by atoms with van der Waals surface area (Å²) in [5.41, 5.74) is 1.20. The highest BCUT2D eigenvalue weighted by Crippen LogP contribution is 2.24. The van der Waals surface area contributed by atoms with Crippen molar-refractivity contribution >= 4 is 5.91 Å². The van der Waals surface area contributed by atoms with Crippen LogP contribution in [0, 0.1) is 0 Å². The Kier molecular flexibility index (Phi) is 3.97. The number of hydrogen-bond donors (Lipinski definition) is 3. The van der Waals surface area contributed by atoms with Crippen molar-refractivity contribution in [2.75, 3.05) is 6.54 Å². The number of phenolic OH excluding ortho intramolecular Hbond substituents is 2. The highest BCUT2D eigenvalue weighted by atomic mass is 16.3. The van der Waals surface area contributed by atoms with Crippen molar-refractivity contribution in [3.05, 3.63) is 53.9 Å². The zero-order chi connectivity index (χ0) is 13.7. The van der Waals surface area contributed by atoms with Crippen LogP contribution in [0.1, 0.15) is 16.1 Å². The molecular formula is C14H14N2O3. The van der Waals surface area contributed by atoms with Crippen molar-refractivity contribution < 1.29 is 15.0 Å². The van der Waals surface area contributed by atoms with Crippen molar-refractivity contribution in [3.8, 4) is 11.5 Å². The molecule has 0 unspecified atom stereocenters. The van der Waals surface area contributed by atoms with Crippen molar-refractivity contribution in [2.45, 2.75) is 6.42 Å². The number of hydrogen-bond acceptors (Lipinski definition) is 4.